The van der Waals surface area contributed by atoms with Gasteiger partial charge in [-0.15, -0.1) is 0 Å². The van der Waals surface area contributed by atoms with Gasteiger partial charge in [-0.3, -0.25) is 9.69 Å². The topological polar surface area (TPSA) is 108 Å². The van der Waals surface area contributed by atoms with E-state index in [2.05, 4.69) is 10.6 Å². The molecule has 2 saturated heterocycles. The van der Waals surface area contributed by atoms with E-state index >= 15 is 0 Å². The minimum Gasteiger partial charge on any atom is -0.475 e. The molecule has 3 fully saturated rings. The summed E-state index contributed by atoms with van der Waals surface area (Å²) in [5, 5.41) is 13.8. The van der Waals surface area contributed by atoms with Gasteiger partial charge >= 0.3 is 18.2 Å². The molecule has 0 spiro atoms. The lowest BCUT2D eigenvalue weighted by atomic mass is 9.87. The number of carboxylic acid groups (broad SMARTS) is 1. The van der Waals surface area contributed by atoms with E-state index in [0.717, 1.165) is 30.6 Å². The SMILES string of the molecule is O=C(NCc1ccc(N2CCOC2=O)cc1)[C@@H]1CCCN[C@@H]1C1CC1.O=C(O)C(F)(F)F. The Bertz CT molecular complexity index is 827. The van der Waals surface area contributed by atoms with Crippen molar-refractivity contribution in [2.45, 2.75) is 44.4 Å². The molecule has 32 heavy (non-hydrogen) atoms. The maximum atomic E-state index is 12.6. The zero-order valence-corrected chi connectivity index (χ0v) is 17.4. The van der Waals surface area contributed by atoms with E-state index in [1.54, 1.807) is 4.90 Å². The molecule has 0 aromatic heterocycles. The number of hydrogen-bond acceptors (Lipinski definition) is 5. The lowest BCUT2D eigenvalue weighted by Crippen LogP contribution is -2.49. The van der Waals surface area contributed by atoms with Crippen molar-refractivity contribution < 1.29 is 37.4 Å². The normalized spacial score (nSPS) is 23.1. The van der Waals surface area contributed by atoms with E-state index in [9.17, 15) is 22.8 Å². The summed E-state index contributed by atoms with van der Waals surface area (Å²) in [5.74, 6) is -1.81. The predicted molar refractivity (Wildman–Crippen MR) is 108 cm³/mol. The van der Waals surface area contributed by atoms with Gasteiger partial charge in [0.15, 0.2) is 0 Å². The van der Waals surface area contributed by atoms with Gasteiger partial charge in [-0.1, -0.05) is 12.1 Å². The molecule has 11 heteroatoms. The Labute approximate surface area is 183 Å². The van der Waals surface area contributed by atoms with Gasteiger partial charge in [-0.25, -0.2) is 9.59 Å². The highest BCUT2D eigenvalue weighted by molar-refractivity contribution is 5.89. The number of anilines is 1. The number of cyclic esters (lactones) is 1. The predicted octanol–water partition coefficient (Wildman–Crippen LogP) is 2.67. The van der Waals surface area contributed by atoms with Gasteiger partial charge < -0.3 is 20.5 Å². The Morgan fingerprint density at radius 3 is 2.38 bits per heavy atom. The van der Waals surface area contributed by atoms with Crippen molar-refractivity contribution in [2.75, 3.05) is 24.6 Å². The van der Waals surface area contributed by atoms with Crippen LogP contribution in [-0.2, 0) is 20.9 Å². The molecule has 1 aromatic rings. The van der Waals surface area contributed by atoms with Gasteiger partial charge in [0, 0.05) is 18.3 Å². The highest BCUT2D eigenvalue weighted by atomic mass is 19.4. The average Bonchev–Trinajstić information content (AvgIpc) is 3.53. The number of ether oxygens (including phenoxy) is 1. The minimum absolute atomic E-state index is 0.0971. The maximum Gasteiger partial charge on any atom is 0.490 e. The largest absolute Gasteiger partial charge is 0.490 e. The number of nitrogens with zero attached hydrogens (tertiary/aromatic N) is 1. The van der Waals surface area contributed by atoms with E-state index in [-0.39, 0.29) is 17.9 Å². The molecule has 1 aromatic carbocycles. The highest BCUT2D eigenvalue weighted by Gasteiger charge is 2.40. The van der Waals surface area contributed by atoms with Crippen LogP contribution in [0.1, 0.15) is 31.2 Å². The highest BCUT2D eigenvalue weighted by Crippen LogP contribution is 2.38. The van der Waals surface area contributed by atoms with Crippen LogP contribution in [0.3, 0.4) is 0 Å². The number of rotatable bonds is 5. The molecular formula is C21H26F3N3O5. The number of halogens is 3. The standard InChI is InChI=1S/C19H25N3O3.C2HF3O2/c23-18(16-2-1-9-20-17(16)14-5-6-14)21-12-13-3-7-15(8-4-13)22-10-11-25-19(22)24;3-2(4,5)1(6)7/h3-4,7-8,14,16-17,20H,1-2,5-6,9-12H2,(H,21,23);(H,6,7)/t16-,17-;/m1./s1. The Hall–Kier alpha value is -2.82. The molecule has 1 aliphatic carbocycles. The third kappa shape index (κ3) is 6.35. The monoisotopic (exact) mass is 457 g/mol. The minimum atomic E-state index is -5.08. The molecule has 176 valence electrons. The number of carbonyl (C=O) groups excluding carboxylic acids is 2. The molecule has 3 N–H and O–H groups in total. The number of nitrogens with one attached hydrogen (secondary N) is 2. The number of piperidine rings is 1. The van der Waals surface area contributed by atoms with Crippen LogP contribution < -0.4 is 15.5 Å². The quantitative estimate of drug-likeness (QED) is 0.628. The first-order valence-corrected chi connectivity index (χ1v) is 10.5. The zero-order chi connectivity index (χ0) is 23.3. The molecule has 0 bridgehead atoms. The van der Waals surface area contributed by atoms with Crippen molar-refractivity contribution in [3.63, 3.8) is 0 Å². The number of benzene rings is 1. The van der Waals surface area contributed by atoms with Crippen molar-refractivity contribution in [3.8, 4) is 0 Å². The molecule has 3 aliphatic rings. The summed E-state index contributed by atoms with van der Waals surface area (Å²) < 4.78 is 36.7. The van der Waals surface area contributed by atoms with Crippen LogP contribution >= 0.6 is 0 Å². The van der Waals surface area contributed by atoms with Gasteiger partial charge in [0.1, 0.15) is 6.61 Å². The van der Waals surface area contributed by atoms with Crippen molar-refractivity contribution in [1.82, 2.24) is 10.6 Å². The molecule has 8 nitrogen and oxygen atoms in total. The third-order valence-electron chi connectivity index (χ3n) is 5.69. The van der Waals surface area contributed by atoms with Gasteiger partial charge in [0.05, 0.1) is 12.5 Å². The molecule has 2 aliphatic heterocycles. The van der Waals surface area contributed by atoms with Crippen LogP contribution in [0.2, 0.25) is 0 Å². The second kappa shape index (κ2) is 10.2. The Morgan fingerprint density at radius 1 is 1.19 bits per heavy atom. The van der Waals surface area contributed by atoms with E-state index in [1.807, 2.05) is 24.3 Å². The van der Waals surface area contributed by atoms with Gasteiger partial charge in [-0.05, 0) is 55.8 Å². The Morgan fingerprint density at radius 2 is 1.84 bits per heavy atom. The van der Waals surface area contributed by atoms with E-state index < -0.39 is 12.1 Å². The van der Waals surface area contributed by atoms with Crippen LogP contribution in [0, 0.1) is 11.8 Å². The molecule has 1 saturated carbocycles. The fraction of sp³-hybridized carbons (Fsp3) is 0.571. The van der Waals surface area contributed by atoms with Crippen molar-refractivity contribution >= 4 is 23.7 Å². The zero-order valence-electron chi connectivity index (χ0n) is 17.4. The van der Waals surface area contributed by atoms with Gasteiger partial charge in [0.2, 0.25) is 5.91 Å². The summed E-state index contributed by atoms with van der Waals surface area (Å²) in [4.78, 5) is 34.7. The van der Waals surface area contributed by atoms with Crippen LogP contribution in [-0.4, -0.2) is 55.0 Å². The van der Waals surface area contributed by atoms with Gasteiger partial charge in [0.25, 0.3) is 0 Å². The Kier molecular flexibility index (Phi) is 7.60. The van der Waals surface area contributed by atoms with E-state index in [0.29, 0.717) is 31.7 Å². The number of alkyl halides is 3. The molecule has 4 rings (SSSR count). The molecule has 0 unspecified atom stereocenters. The number of aliphatic carboxylic acids is 1. The molecule has 0 radical (unpaired) electrons. The lowest BCUT2D eigenvalue weighted by Gasteiger charge is -2.31. The summed E-state index contributed by atoms with van der Waals surface area (Å²) in [5.41, 5.74) is 1.87. The number of carbonyl (C=O) groups is 3. The fourth-order valence-electron chi connectivity index (χ4n) is 3.90. The lowest BCUT2D eigenvalue weighted by molar-refractivity contribution is -0.192. The van der Waals surface area contributed by atoms with Gasteiger partial charge in [-0.2, -0.15) is 13.2 Å². The summed E-state index contributed by atoms with van der Waals surface area (Å²) >= 11 is 0. The maximum absolute atomic E-state index is 12.6. The van der Waals surface area contributed by atoms with Crippen LogP contribution in [0.5, 0.6) is 0 Å². The van der Waals surface area contributed by atoms with Crippen LogP contribution in [0.4, 0.5) is 23.7 Å². The van der Waals surface area contributed by atoms with E-state index in [4.69, 9.17) is 14.6 Å². The molecular weight excluding hydrogens is 431 g/mol. The molecule has 2 heterocycles. The summed E-state index contributed by atoms with van der Waals surface area (Å²) in [6, 6.07) is 8.08. The second-order valence-electron chi connectivity index (χ2n) is 8.02. The number of carboxylic acids is 1. The first-order chi connectivity index (χ1) is 15.2. The molecule has 2 atom stereocenters. The summed E-state index contributed by atoms with van der Waals surface area (Å²) in [6.45, 7) is 2.59. The number of amides is 2. The number of hydrogen-bond donors (Lipinski definition) is 3. The van der Waals surface area contributed by atoms with E-state index in [1.165, 1.54) is 12.8 Å². The summed E-state index contributed by atoms with van der Waals surface area (Å²) in [7, 11) is 0. The first-order valence-electron chi connectivity index (χ1n) is 10.5. The second-order valence-corrected chi connectivity index (χ2v) is 8.02. The first kappa shape index (κ1) is 23.8. The summed E-state index contributed by atoms with van der Waals surface area (Å²) in [6.07, 6.45) is -0.821. The fourth-order valence-corrected chi connectivity index (χ4v) is 3.90. The molecule has 2 amide bonds. The average molecular weight is 457 g/mol. The Balaban J connectivity index is 0.000000360. The van der Waals surface area contributed by atoms with Crippen LogP contribution in [0.15, 0.2) is 24.3 Å². The third-order valence-corrected chi connectivity index (χ3v) is 5.69. The smallest absolute Gasteiger partial charge is 0.475 e. The van der Waals surface area contributed by atoms with Crippen molar-refractivity contribution in [2.24, 2.45) is 11.8 Å². The van der Waals surface area contributed by atoms with Crippen molar-refractivity contribution in [1.29, 1.82) is 0 Å². The van der Waals surface area contributed by atoms with Crippen LogP contribution in [0.25, 0.3) is 0 Å². The van der Waals surface area contributed by atoms with Crippen molar-refractivity contribution in [3.05, 3.63) is 29.8 Å².